The molecule has 0 spiro atoms. The van der Waals surface area contributed by atoms with Crippen LogP contribution in [0.15, 0.2) is 11.6 Å². The van der Waals surface area contributed by atoms with E-state index in [1.54, 1.807) is 7.11 Å². The van der Waals surface area contributed by atoms with Gasteiger partial charge >= 0.3 is 5.97 Å². The fourth-order valence-corrected chi connectivity index (χ4v) is 2.31. The molecule has 0 bridgehead atoms. The highest BCUT2D eigenvalue weighted by atomic mass is 16.5. The second-order valence-corrected chi connectivity index (χ2v) is 4.77. The molecule has 4 nitrogen and oxygen atoms in total. The number of hydrogen-bond acceptors (Lipinski definition) is 4. The van der Waals surface area contributed by atoms with Gasteiger partial charge in [0.2, 0.25) is 0 Å². The third-order valence-corrected chi connectivity index (χ3v) is 3.53. The average Bonchev–Trinajstić information content (AvgIpc) is 2.41. The van der Waals surface area contributed by atoms with Crippen molar-refractivity contribution in [1.82, 2.24) is 4.90 Å². The van der Waals surface area contributed by atoms with Crippen LogP contribution in [0.25, 0.3) is 0 Å². The molecular formula is C14H25NO3. The largest absolute Gasteiger partial charge is 0.466 e. The Labute approximate surface area is 110 Å². The number of nitrogens with zero attached hydrogens (tertiary/aromatic N) is 1. The standard InChI is InChI=1S/C14H25NO3/c1-4-13(14(16)18-3)7-10-15-8-5-12(6-9-15)11-17-2/h7,12H,4-6,8-11H2,1-3H3. The normalized spacial score (nSPS) is 18.9. The first-order valence-electron chi connectivity index (χ1n) is 6.69. The monoisotopic (exact) mass is 255 g/mol. The number of methoxy groups -OCH3 is 2. The first-order valence-corrected chi connectivity index (χ1v) is 6.69. The summed E-state index contributed by atoms with van der Waals surface area (Å²) in [6.07, 6.45) is 5.10. The Hall–Kier alpha value is -0.870. The van der Waals surface area contributed by atoms with E-state index in [1.807, 2.05) is 13.0 Å². The van der Waals surface area contributed by atoms with E-state index >= 15 is 0 Å². The van der Waals surface area contributed by atoms with Crippen molar-refractivity contribution in [3.05, 3.63) is 11.6 Å². The topological polar surface area (TPSA) is 38.8 Å². The summed E-state index contributed by atoms with van der Waals surface area (Å²) in [6, 6.07) is 0. The van der Waals surface area contributed by atoms with Crippen molar-refractivity contribution in [2.75, 3.05) is 40.5 Å². The molecule has 1 aliphatic rings. The maximum Gasteiger partial charge on any atom is 0.333 e. The number of hydrogen-bond donors (Lipinski definition) is 0. The number of rotatable bonds is 6. The number of carbonyl (C=O) groups is 1. The highest BCUT2D eigenvalue weighted by molar-refractivity contribution is 5.88. The second kappa shape index (κ2) is 8.27. The lowest BCUT2D eigenvalue weighted by molar-refractivity contribution is -0.136. The predicted octanol–water partition coefficient (Wildman–Crippen LogP) is 1.85. The maximum absolute atomic E-state index is 11.4. The zero-order valence-corrected chi connectivity index (χ0v) is 11.8. The summed E-state index contributed by atoms with van der Waals surface area (Å²) >= 11 is 0. The molecule has 0 unspecified atom stereocenters. The van der Waals surface area contributed by atoms with Crippen LogP contribution in [0.5, 0.6) is 0 Å². The molecule has 1 saturated heterocycles. The lowest BCUT2D eigenvalue weighted by Crippen LogP contribution is -2.35. The molecule has 0 amide bonds. The van der Waals surface area contributed by atoms with Gasteiger partial charge < -0.3 is 9.47 Å². The van der Waals surface area contributed by atoms with Crippen molar-refractivity contribution < 1.29 is 14.3 Å². The van der Waals surface area contributed by atoms with E-state index in [9.17, 15) is 4.79 Å². The van der Waals surface area contributed by atoms with Gasteiger partial charge in [-0.1, -0.05) is 13.0 Å². The number of carbonyl (C=O) groups excluding carboxylic acids is 1. The molecule has 0 saturated carbocycles. The lowest BCUT2D eigenvalue weighted by atomic mass is 9.98. The highest BCUT2D eigenvalue weighted by Gasteiger charge is 2.18. The van der Waals surface area contributed by atoms with Gasteiger partial charge in [-0.25, -0.2) is 4.79 Å². The molecule has 104 valence electrons. The van der Waals surface area contributed by atoms with E-state index in [4.69, 9.17) is 9.47 Å². The number of esters is 1. The molecule has 1 rings (SSSR count). The number of piperidine rings is 1. The van der Waals surface area contributed by atoms with Gasteiger partial charge in [0.25, 0.3) is 0 Å². The molecule has 1 fully saturated rings. The average molecular weight is 255 g/mol. The Morgan fingerprint density at radius 3 is 2.50 bits per heavy atom. The van der Waals surface area contributed by atoms with Crippen LogP contribution in [0.2, 0.25) is 0 Å². The van der Waals surface area contributed by atoms with Crippen LogP contribution in [-0.2, 0) is 14.3 Å². The zero-order valence-electron chi connectivity index (χ0n) is 11.8. The Morgan fingerprint density at radius 2 is 2.00 bits per heavy atom. The third-order valence-electron chi connectivity index (χ3n) is 3.53. The van der Waals surface area contributed by atoms with E-state index in [1.165, 1.54) is 20.0 Å². The van der Waals surface area contributed by atoms with Gasteiger partial charge in [-0.3, -0.25) is 4.90 Å². The fourth-order valence-electron chi connectivity index (χ4n) is 2.31. The molecule has 0 radical (unpaired) electrons. The molecule has 4 heteroatoms. The summed E-state index contributed by atoms with van der Waals surface area (Å²) in [5.41, 5.74) is 0.775. The quantitative estimate of drug-likeness (QED) is 0.536. The minimum Gasteiger partial charge on any atom is -0.466 e. The van der Waals surface area contributed by atoms with Crippen LogP contribution in [0.4, 0.5) is 0 Å². The van der Waals surface area contributed by atoms with E-state index in [0.29, 0.717) is 5.92 Å². The van der Waals surface area contributed by atoms with Gasteiger partial charge in [-0.15, -0.1) is 0 Å². The summed E-state index contributed by atoms with van der Waals surface area (Å²) in [6.45, 7) is 5.86. The van der Waals surface area contributed by atoms with Crippen LogP contribution in [-0.4, -0.2) is 51.3 Å². The minimum atomic E-state index is -0.202. The van der Waals surface area contributed by atoms with Crippen LogP contribution in [0.3, 0.4) is 0 Å². The predicted molar refractivity (Wildman–Crippen MR) is 71.4 cm³/mol. The molecule has 1 aliphatic heterocycles. The van der Waals surface area contributed by atoms with Crippen molar-refractivity contribution in [2.45, 2.75) is 26.2 Å². The first kappa shape index (κ1) is 15.2. The smallest absolute Gasteiger partial charge is 0.333 e. The van der Waals surface area contributed by atoms with Crippen LogP contribution < -0.4 is 0 Å². The molecular weight excluding hydrogens is 230 g/mol. The molecule has 0 aromatic heterocycles. The van der Waals surface area contributed by atoms with Crippen molar-refractivity contribution in [2.24, 2.45) is 5.92 Å². The summed E-state index contributed by atoms with van der Waals surface area (Å²) in [4.78, 5) is 13.8. The van der Waals surface area contributed by atoms with Crippen molar-refractivity contribution in [3.8, 4) is 0 Å². The molecule has 18 heavy (non-hydrogen) atoms. The van der Waals surface area contributed by atoms with E-state index in [2.05, 4.69) is 4.90 Å². The highest BCUT2D eigenvalue weighted by Crippen LogP contribution is 2.17. The van der Waals surface area contributed by atoms with Crippen LogP contribution >= 0.6 is 0 Å². The van der Waals surface area contributed by atoms with Crippen LogP contribution in [0.1, 0.15) is 26.2 Å². The van der Waals surface area contributed by atoms with E-state index in [0.717, 1.165) is 38.2 Å². The molecule has 1 heterocycles. The van der Waals surface area contributed by atoms with Crippen molar-refractivity contribution in [1.29, 1.82) is 0 Å². The van der Waals surface area contributed by atoms with Crippen molar-refractivity contribution in [3.63, 3.8) is 0 Å². The molecule has 0 atom stereocenters. The summed E-state index contributed by atoms with van der Waals surface area (Å²) < 4.78 is 9.94. The zero-order chi connectivity index (χ0) is 13.4. The third kappa shape index (κ3) is 4.78. The second-order valence-electron chi connectivity index (χ2n) is 4.77. The van der Waals surface area contributed by atoms with Gasteiger partial charge in [0, 0.05) is 25.8 Å². The molecule has 0 aromatic carbocycles. The molecule has 0 aromatic rings. The Balaban J connectivity index is 2.36. The Kier molecular flexibility index (Phi) is 6.98. The van der Waals surface area contributed by atoms with Gasteiger partial charge in [-0.05, 0) is 38.3 Å². The maximum atomic E-state index is 11.4. The Bertz CT molecular complexity index is 281. The number of likely N-dealkylation sites (tertiary alicyclic amines) is 1. The lowest BCUT2D eigenvalue weighted by Gasteiger charge is -2.30. The SMILES string of the molecule is CCC(=CCN1CCC(COC)CC1)C(=O)OC. The van der Waals surface area contributed by atoms with Crippen LogP contribution in [0, 0.1) is 5.92 Å². The van der Waals surface area contributed by atoms with Gasteiger partial charge in [-0.2, -0.15) is 0 Å². The summed E-state index contributed by atoms with van der Waals surface area (Å²) in [5.74, 6) is 0.494. The fraction of sp³-hybridized carbons (Fsp3) is 0.786. The van der Waals surface area contributed by atoms with E-state index in [-0.39, 0.29) is 5.97 Å². The van der Waals surface area contributed by atoms with Gasteiger partial charge in [0.05, 0.1) is 7.11 Å². The van der Waals surface area contributed by atoms with E-state index < -0.39 is 0 Å². The number of ether oxygens (including phenoxy) is 2. The molecule has 0 aliphatic carbocycles. The summed E-state index contributed by atoms with van der Waals surface area (Å²) in [5, 5.41) is 0. The Morgan fingerprint density at radius 1 is 1.33 bits per heavy atom. The van der Waals surface area contributed by atoms with Crippen molar-refractivity contribution >= 4 is 5.97 Å². The first-order chi connectivity index (χ1) is 8.71. The van der Waals surface area contributed by atoms with Gasteiger partial charge in [0.1, 0.15) is 0 Å². The minimum absolute atomic E-state index is 0.202. The molecule has 0 N–H and O–H groups in total. The summed E-state index contributed by atoms with van der Waals surface area (Å²) in [7, 11) is 3.20. The van der Waals surface area contributed by atoms with Gasteiger partial charge in [0.15, 0.2) is 0 Å².